The Morgan fingerprint density at radius 2 is 1.52 bits per heavy atom. The fraction of sp³-hybridized carbons (Fsp3) is 0.235. The van der Waals surface area contributed by atoms with Gasteiger partial charge in [0.25, 0.3) is 10.0 Å². The molecule has 4 aromatic carbocycles. The molecule has 0 bridgehead atoms. The maximum atomic E-state index is 14.4. The lowest BCUT2D eigenvalue weighted by Gasteiger charge is -2.34. The van der Waals surface area contributed by atoms with E-state index in [1.165, 1.54) is 29.2 Å². The van der Waals surface area contributed by atoms with E-state index in [1.807, 2.05) is 37.3 Å². The summed E-state index contributed by atoms with van der Waals surface area (Å²) in [5, 5.41) is 3.32. The van der Waals surface area contributed by atoms with Crippen LogP contribution in [0.3, 0.4) is 0 Å². The molecule has 0 fully saturated rings. The second-order valence-electron chi connectivity index (χ2n) is 10.4. The molecule has 10 heteroatoms. The zero-order valence-corrected chi connectivity index (χ0v) is 26.2. The smallest absolute Gasteiger partial charge is 0.264 e. The quantitative estimate of drug-likeness (QED) is 0.191. The van der Waals surface area contributed by atoms with Gasteiger partial charge in [0.2, 0.25) is 11.8 Å². The third-order valence-electron chi connectivity index (χ3n) is 7.12. The standard InChI is InChI=1S/C34H35ClFN3O4S/c1-3-20-37-34(41)32(22-26-10-6-4-7-11-26)38(23-27-14-17-29(36)18-15-27)33(40)24-39(31-19-16-28(35)21-25(31)2)44(42,43)30-12-8-5-9-13-30/h4-19,21,32H,3,20,22-24H2,1-2H3,(H,37,41)/t32-/m1/s1. The highest BCUT2D eigenvalue weighted by Gasteiger charge is 2.35. The molecular formula is C34H35ClFN3O4S. The van der Waals surface area contributed by atoms with Crippen molar-refractivity contribution in [2.45, 2.75) is 44.2 Å². The number of rotatable bonds is 13. The van der Waals surface area contributed by atoms with Crippen molar-refractivity contribution < 1.29 is 22.4 Å². The molecule has 1 N–H and O–H groups in total. The van der Waals surface area contributed by atoms with Crippen LogP contribution >= 0.6 is 11.6 Å². The van der Waals surface area contributed by atoms with Crippen LogP contribution in [0.4, 0.5) is 10.1 Å². The number of hydrogen-bond donors (Lipinski definition) is 1. The predicted molar refractivity (Wildman–Crippen MR) is 171 cm³/mol. The zero-order chi connectivity index (χ0) is 31.7. The number of carbonyl (C=O) groups is 2. The van der Waals surface area contributed by atoms with Crippen LogP contribution in [0, 0.1) is 12.7 Å². The number of halogens is 2. The van der Waals surface area contributed by atoms with E-state index in [1.54, 1.807) is 55.5 Å². The van der Waals surface area contributed by atoms with Crippen LogP contribution in [0.1, 0.15) is 30.0 Å². The van der Waals surface area contributed by atoms with Crippen LogP contribution in [0.25, 0.3) is 0 Å². The molecule has 0 heterocycles. The molecule has 0 aliphatic carbocycles. The number of sulfonamides is 1. The molecule has 0 aliphatic heterocycles. The molecule has 4 rings (SSSR count). The molecule has 44 heavy (non-hydrogen) atoms. The minimum Gasteiger partial charge on any atom is -0.354 e. The van der Waals surface area contributed by atoms with Gasteiger partial charge in [0, 0.05) is 24.5 Å². The SMILES string of the molecule is CCCNC(=O)[C@@H](Cc1ccccc1)N(Cc1ccc(F)cc1)C(=O)CN(c1ccc(Cl)cc1C)S(=O)(=O)c1ccccc1. The van der Waals surface area contributed by atoms with E-state index in [9.17, 15) is 22.4 Å². The summed E-state index contributed by atoms with van der Waals surface area (Å²) >= 11 is 6.19. The third kappa shape index (κ3) is 8.24. The summed E-state index contributed by atoms with van der Waals surface area (Å²) in [6, 6.07) is 26.6. The van der Waals surface area contributed by atoms with Crippen LogP contribution in [-0.2, 0) is 32.6 Å². The molecule has 7 nitrogen and oxygen atoms in total. The zero-order valence-electron chi connectivity index (χ0n) is 24.6. The molecule has 0 unspecified atom stereocenters. The summed E-state index contributed by atoms with van der Waals surface area (Å²) in [5.41, 5.74) is 2.24. The second kappa shape index (κ2) is 15.0. The van der Waals surface area contributed by atoms with E-state index in [2.05, 4.69) is 5.32 Å². The topological polar surface area (TPSA) is 86.8 Å². The molecule has 0 spiro atoms. The Kier molecular flexibility index (Phi) is 11.1. The summed E-state index contributed by atoms with van der Waals surface area (Å²) in [6.45, 7) is 3.41. The fourth-order valence-corrected chi connectivity index (χ4v) is 6.56. The lowest BCUT2D eigenvalue weighted by atomic mass is 10.0. The largest absolute Gasteiger partial charge is 0.354 e. The van der Waals surface area contributed by atoms with E-state index in [4.69, 9.17) is 11.6 Å². The molecule has 0 radical (unpaired) electrons. The van der Waals surface area contributed by atoms with Gasteiger partial charge >= 0.3 is 0 Å². The van der Waals surface area contributed by atoms with E-state index in [0.29, 0.717) is 29.1 Å². The van der Waals surface area contributed by atoms with Gasteiger partial charge in [0.1, 0.15) is 18.4 Å². The number of hydrogen-bond acceptors (Lipinski definition) is 4. The van der Waals surface area contributed by atoms with Crippen molar-refractivity contribution in [3.8, 4) is 0 Å². The minimum atomic E-state index is -4.22. The van der Waals surface area contributed by atoms with Gasteiger partial charge in [0.15, 0.2) is 0 Å². The van der Waals surface area contributed by atoms with Gasteiger partial charge in [-0.3, -0.25) is 13.9 Å². The van der Waals surface area contributed by atoms with Crippen molar-refractivity contribution in [1.29, 1.82) is 0 Å². The van der Waals surface area contributed by atoms with Gasteiger partial charge in [-0.2, -0.15) is 0 Å². The highest BCUT2D eigenvalue weighted by molar-refractivity contribution is 7.92. The van der Waals surface area contributed by atoms with Gasteiger partial charge in [-0.1, -0.05) is 79.2 Å². The van der Waals surface area contributed by atoms with Gasteiger partial charge in [0.05, 0.1) is 10.6 Å². The normalized spacial score (nSPS) is 11.9. The third-order valence-corrected chi connectivity index (χ3v) is 9.13. The number of nitrogens with zero attached hydrogens (tertiary/aromatic N) is 2. The number of amides is 2. The second-order valence-corrected chi connectivity index (χ2v) is 12.7. The Morgan fingerprint density at radius 3 is 2.14 bits per heavy atom. The molecule has 230 valence electrons. The Morgan fingerprint density at radius 1 is 0.886 bits per heavy atom. The molecule has 0 aromatic heterocycles. The lowest BCUT2D eigenvalue weighted by Crippen LogP contribution is -2.53. The Hall–Kier alpha value is -4.21. The maximum absolute atomic E-state index is 14.4. The van der Waals surface area contributed by atoms with Crippen molar-refractivity contribution in [2.75, 3.05) is 17.4 Å². The van der Waals surface area contributed by atoms with Gasteiger partial charge < -0.3 is 10.2 Å². The van der Waals surface area contributed by atoms with Crippen molar-refractivity contribution in [3.05, 3.63) is 131 Å². The lowest BCUT2D eigenvalue weighted by molar-refractivity contribution is -0.140. The van der Waals surface area contributed by atoms with Crippen LogP contribution in [-0.4, -0.2) is 44.3 Å². The van der Waals surface area contributed by atoms with Crippen molar-refractivity contribution in [2.24, 2.45) is 0 Å². The van der Waals surface area contributed by atoms with E-state index >= 15 is 0 Å². The molecule has 2 amide bonds. The minimum absolute atomic E-state index is 0.00811. The molecule has 0 saturated carbocycles. The first-order chi connectivity index (χ1) is 21.1. The van der Waals surface area contributed by atoms with Crippen LogP contribution in [0.15, 0.2) is 108 Å². The maximum Gasteiger partial charge on any atom is 0.264 e. The highest BCUT2D eigenvalue weighted by Crippen LogP contribution is 2.29. The van der Waals surface area contributed by atoms with E-state index in [0.717, 1.165) is 9.87 Å². The van der Waals surface area contributed by atoms with Crippen LogP contribution < -0.4 is 9.62 Å². The molecule has 0 aliphatic rings. The fourth-order valence-electron chi connectivity index (χ4n) is 4.84. The number of nitrogens with one attached hydrogen (secondary N) is 1. The van der Waals surface area contributed by atoms with Crippen molar-refractivity contribution >= 4 is 39.1 Å². The van der Waals surface area contributed by atoms with Crippen molar-refractivity contribution in [1.82, 2.24) is 10.2 Å². The number of carbonyl (C=O) groups excluding carboxylic acids is 2. The number of aryl methyl sites for hydroxylation is 1. The average molecular weight is 636 g/mol. The monoisotopic (exact) mass is 635 g/mol. The summed E-state index contributed by atoms with van der Waals surface area (Å²) < 4.78 is 43.0. The summed E-state index contributed by atoms with van der Waals surface area (Å²) in [5.74, 6) is -1.41. The predicted octanol–water partition coefficient (Wildman–Crippen LogP) is 6.15. The van der Waals surface area contributed by atoms with Crippen LogP contribution in [0.5, 0.6) is 0 Å². The first kappa shape index (κ1) is 32.7. The first-order valence-electron chi connectivity index (χ1n) is 14.3. The van der Waals surface area contributed by atoms with Gasteiger partial charge in [-0.05, 0) is 72.5 Å². The Balaban J connectivity index is 1.81. The molecule has 1 atom stereocenters. The highest BCUT2D eigenvalue weighted by atomic mass is 35.5. The van der Waals surface area contributed by atoms with E-state index in [-0.39, 0.29) is 29.5 Å². The summed E-state index contributed by atoms with van der Waals surface area (Å²) in [4.78, 5) is 29.4. The summed E-state index contributed by atoms with van der Waals surface area (Å²) in [6.07, 6.45) is 0.878. The number of anilines is 1. The Bertz CT molecular complexity index is 1670. The molecule has 0 saturated heterocycles. The van der Waals surface area contributed by atoms with Crippen LogP contribution in [0.2, 0.25) is 5.02 Å². The van der Waals surface area contributed by atoms with Crippen molar-refractivity contribution in [3.63, 3.8) is 0 Å². The summed E-state index contributed by atoms with van der Waals surface area (Å²) in [7, 11) is -4.22. The number of benzene rings is 4. The molecular weight excluding hydrogens is 601 g/mol. The molecule has 4 aromatic rings. The van der Waals surface area contributed by atoms with E-state index < -0.39 is 34.3 Å². The van der Waals surface area contributed by atoms with Gasteiger partial charge in [-0.25, -0.2) is 12.8 Å². The first-order valence-corrected chi connectivity index (χ1v) is 16.1. The van der Waals surface area contributed by atoms with Gasteiger partial charge in [-0.15, -0.1) is 0 Å². The average Bonchev–Trinajstić information content (AvgIpc) is 3.02. The Labute approximate surface area is 263 Å².